The summed E-state index contributed by atoms with van der Waals surface area (Å²) in [6, 6.07) is 1.99. The van der Waals surface area contributed by atoms with Gasteiger partial charge in [-0.3, -0.25) is 5.32 Å². The van der Waals surface area contributed by atoms with E-state index in [1.807, 2.05) is 26.2 Å². The second kappa shape index (κ2) is 3.86. The van der Waals surface area contributed by atoms with Gasteiger partial charge in [-0.05, 0) is 20.8 Å². The van der Waals surface area contributed by atoms with Gasteiger partial charge in [0.05, 0.1) is 17.6 Å². The second-order valence-electron chi connectivity index (χ2n) is 3.46. The molecule has 1 aromatic heterocycles. The highest BCUT2D eigenvalue weighted by Crippen LogP contribution is 2.22. The smallest absolute Gasteiger partial charge is 0.112 e. The molecule has 0 fully saturated rings. The number of hydrogen-bond acceptors (Lipinski definition) is 4. The Hall–Kier alpha value is -0.920. The molecule has 70 valence electrons. The summed E-state index contributed by atoms with van der Waals surface area (Å²) >= 11 is 1.60. The van der Waals surface area contributed by atoms with Crippen molar-refractivity contribution in [2.24, 2.45) is 0 Å². The zero-order chi connectivity index (χ0) is 9.90. The van der Waals surface area contributed by atoms with Crippen LogP contribution in [0.5, 0.6) is 0 Å². The van der Waals surface area contributed by atoms with Crippen molar-refractivity contribution in [2.45, 2.75) is 32.4 Å². The van der Waals surface area contributed by atoms with E-state index >= 15 is 0 Å². The standard InChI is InChI=1S/C9H13N3S/c1-7(6-10)12-9(2,3)8-11-4-5-13-8/h4-5,7,12H,1-3H3. The minimum absolute atomic E-state index is 0.154. The van der Waals surface area contributed by atoms with Crippen LogP contribution in [0.1, 0.15) is 25.8 Å². The molecule has 4 heteroatoms. The molecule has 1 heterocycles. The zero-order valence-corrected chi connectivity index (χ0v) is 8.85. The van der Waals surface area contributed by atoms with E-state index < -0.39 is 0 Å². The van der Waals surface area contributed by atoms with Crippen LogP contribution in [0.25, 0.3) is 0 Å². The highest BCUT2D eigenvalue weighted by atomic mass is 32.1. The van der Waals surface area contributed by atoms with Crippen LogP contribution < -0.4 is 5.32 Å². The van der Waals surface area contributed by atoms with Crippen LogP contribution in [0.3, 0.4) is 0 Å². The van der Waals surface area contributed by atoms with Gasteiger partial charge in [0.15, 0.2) is 0 Å². The Labute approximate surface area is 82.4 Å². The molecule has 0 aliphatic carbocycles. The van der Waals surface area contributed by atoms with Crippen LogP contribution in [0, 0.1) is 11.3 Å². The van der Waals surface area contributed by atoms with E-state index in [1.54, 1.807) is 17.5 Å². The number of nitrogens with zero attached hydrogens (tertiary/aromatic N) is 2. The van der Waals surface area contributed by atoms with Crippen LogP contribution in [0.2, 0.25) is 0 Å². The molecule has 0 radical (unpaired) electrons. The molecule has 1 atom stereocenters. The molecule has 0 aromatic carbocycles. The van der Waals surface area contributed by atoms with Crippen LogP contribution in [0.4, 0.5) is 0 Å². The monoisotopic (exact) mass is 195 g/mol. The van der Waals surface area contributed by atoms with Gasteiger partial charge in [0.25, 0.3) is 0 Å². The van der Waals surface area contributed by atoms with E-state index in [4.69, 9.17) is 5.26 Å². The van der Waals surface area contributed by atoms with Crippen molar-refractivity contribution >= 4 is 11.3 Å². The van der Waals surface area contributed by atoms with Crippen molar-refractivity contribution in [3.8, 4) is 6.07 Å². The van der Waals surface area contributed by atoms with E-state index in [0.717, 1.165) is 5.01 Å². The first-order chi connectivity index (χ1) is 6.06. The molecule has 3 nitrogen and oxygen atoms in total. The van der Waals surface area contributed by atoms with Gasteiger partial charge in [-0.2, -0.15) is 5.26 Å². The van der Waals surface area contributed by atoms with Gasteiger partial charge in [-0.15, -0.1) is 11.3 Å². The number of rotatable bonds is 3. The lowest BCUT2D eigenvalue weighted by molar-refractivity contribution is 0.384. The number of thiazole rings is 1. The Morgan fingerprint density at radius 1 is 1.69 bits per heavy atom. The highest BCUT2D eigenvalue weighted by molar-refractivity contribution is 7.09. The summed E-state index contributed by atoms with van der Waals surface area (Å²) < 4.78 is 0. The van der Waals surface area contributed by atoms with Crippen LogP contribution in [-0.2, 0) is 5.54 Å². The molecule has 0 spiro atoms. The highest BCUT2D eigenvalue weighted by Gasteiger charge is 2.24. The molecule has 0 saturated heterocycles. The van der Waals surface area contributed by atoms with Crippen molar-refractivity contribution < 1.29 is 0 Å². The number of nitriles is 1. The van der Waals surface area contributed by atoms with Gasteiger partial charge < -0.3 is 0 Å². The maximum Gasteiger partial charge on any atom is 0.112 e. The number of aromatic nitrogens is 1. The first kappa shape index (κ1) is 10.2. The summed E-state index contributed by atoms with van der Waals surface area (Å²) in [7, 11) is 0. The Bertz CT molecular complexity index is 297. The van der Waals surface area contributed by atoms with Crippen molar-refractivity contribution in [3.63, 3.8) is 0 Å². The van der Waals surface area contributed by atoms with E-state index in [-0.39, 0.29) is 11.6 Å². The van der Waals surface area contributed by atoms with E-state index in [2.05, 4.69) is 16.4 Å². The van der Waals surface area contributed by atoms with Gasteiger partial charge in [0.2, 0.25) is 0 Å². The average molecular weight is 195 g/mol. The Kier molecular flexibility index (Phi) is 3.02. The molecule has 0 saturated carbocycles. The lowest BCUT2D eigenvalue weighted by Gasteiger charge is -2.25. The molecule has 0 aliphatic rings. The third kappa shape index (κ3) is 2.51. The normalized spacial score (nSPS) is 13.7. The molecule has 0 amide bonds. The van der Waals surface area contributed by atoms with Gasteiger partial charge in [-0.1, -0.05) is 0 Å². The summed E-state index contributed by atoms with van der Waals surface area (Å²) in [6.45, 7) is 5.90. The zero-order valence-electron chi connectivity index (χ0n) is 8.03. The van der Waals surface area contributed by atoms with Crippen molar-refractivity contribution in [1.29, 1.82) is 5.26 Å². The predicted molar refractivity (Wildman–Crippen MR) is 53.4 cm³/mol. The summed E-state index contributed by atoms with van der Waals surface area (Å²) in [4.78, 5) is 4.22. The molecule has 13 heavy (non-hydrogen) atoms. The molecular weight excluding hydrogens is 182 g/mol. The number of nitrogens with one attached hydrogen (secondary N) is 1. The fraction of sp³-hybridized carbons (Fsp3) is 0.556. The van der Waals surface area contributed by atoms with Crippen LogP contribution in [0.15, 0.2) is 11.6 Å². The Morgan fingerprint density at radius 2 is 2.38 bits per heavy atom. The number of hydrogen-bond donors (Lipinski definition) is 1. The maximum atomic E-state index is 8.67. The quantitative estimate of drug-likeness (QED) is 0.801. The lowest BCUT2D eigenvalue weighted by atomic mass is 10.1. The van der Waals surface area contributed by atoms with E-state index in [1.165, 1.54) is 0 Å². The molecule has 1 N–H and O–H groups in total. The second-order valence-corrected chi connectivity index (χ2v) is 4.35. The fourth-order valence-corrected chi connectivity index (χ4v) is 1.89. The topological polar surface area (TPSA) is 48.7 Å². The van der Waals surface area contributed by atoms with Gasteiger partial charge in [0, 0.05) is 11.6 Å². The SMILES string of the molecule is CC(C#N)NC(C)(C)c1nccs1. The van der Waals surface area contributed by atoms with Gasteiger partial charge in [-0.25, -0.2) is 4.98 Å². The Balaban J connectivity index is 2.73. The minimum atomic E-state index is -0.219. The van der Waals surface area contributed by atoms with Gasteiger partial charge in [0.1, 0.15) is 5.01 Å². The first-order valence-electron chi connectivity index (χ1n) is 4.13. The summed E-state index contributed by atoms with van der Waals surface area (Å²) in [5.41, 5.74) is -0.219. The maximum absolute atomic E-state index is 8.67. The summed E-state index contributed by atoms with van der Waals surface area (Å²) in [5.74, 6) is 0. The van der Waals surface area contributed by atoms with Crippen molar-refractivity contribution in [2.75, 3.05) is 0 Å². The predicted octanol–water partition coefficient (Wildman–Crippen LogP) is 1.88. The molecule has 1 aromatic rings. The average Bonchev–Trinajstić information content (AvgIpc) is 2.55. The molecular formula is C9H13N3S. The third-order valence-electron chi connectivity index (χ3n) is 1.74. The van der Waals surface area contributed by atoms with Gasteiger partial charge >= 0.3 is 0 Å². The van der Waals surface area contributed by atoms with Crippen molar-refractivity contribution in [1.82, 2.24) is 10.3 Å². The summed E-state index contributed by atoms with van der Waals surface area (Å²) in [5, 5.41) is 14.8. The van der Waals surface area contributed by atoms with Crippen LogP contribution in [-0.4, -0.2) is 11.0 Å². The fourth-order valence-electron chi connectivity index (χ4n) is 1.17. The lowest BCUT2D eigenvalue weighted by Crippen LogP contribution is -2.41. The molecule has 1 unspecified atom stereocenters. The molecule has 0 aliphatic heterocycles. The van der Waals surface area contributed by atoms with Crippen molar-refractivity contribution in [3.05, 3.63) is 16.6 Å². The Morgan fingerprint density at radius 3 is 2.85 bits per heavy atom. The van der Waals surface area contributed by atoms with Crippen LogP contribution >= 0.6 is 11.3 Å². The third-order valence-corrected chi connectivity index (χ3v) is 2.83. The largest absolute Gasteiger partial charge is 0.291 e. The van der Waals surface area contributed by atoms with E-state index in [0.29, 0.717) is 0 Å². The molecule has 1 rings (SSSR count). The summed E-state index contributed by atoms with van der Waals surface area (Å²) in [6.07, 6.45) is 1.78. The molecule has 0 bridgehead atoms. The first-order valence-corrected chi connectivity index (χ1v) is 5.01. The minimum Gasteiger partial charge on any atom is -0.291 e. The van der Waals surface area contributed by atoms with E-state index in [9.17, 15) is 0 Å².